The Morgan fingerprint density at radius 2 is 1.65 bits per heavy atom. The highest BCUT2D eigenvalue weighted by Gasteiger charge is 2.03. The topological polar surface area (TPSA) is 37.6 Å². The van der Waals surface area contributed by atoms with Gasteiger partial charge in [0.1, 0.15) is 0 Å². The van der Waals surface area contributed by atoms with Crippen LogP contribution >= 0.6 is 0 Å². The van der Waals surface area contributed by atoms with E-state index in [-0.39, 0.29) is 0 Å². The van der Waals surface area contributed by atoms with Crippen molar-refractivity contribution in [2.75, 3.05) is 0 Å². The van der Waals surface area contributed by atoms with Crippen molar-refractivity contribution in [3.63, 3.8) is 0 Å². The fourth-order valence-electron chi connectivity index (χ4n) is 2.11. The van der Waals surface area contributed by atoms with Crippen LogP contribution in [0.3, 0.4) is 0 Å². The van der Waals surface area contributed by atoms with Gasteiger partial charge in [-0.3, -0.25) is 4.98 Å². The van der Waals surface area contributed by atoms with Gasteiger partial charge in [-0.15, -0.1) is 5.11 Å². The van der Waals surface area contributed by atoms with Gasteiger partial charge in [-0.1, -0.05) is 23.8 Å². The van der Waals surface area contributed by atoms with Gasteiger partial charge < -0.3 is 0 Å². The fraction of sp³-hybridized carbons (Fsp3) is 0.118. The van der Waals surface area contributed by atoms with E-state index in [0.29, 0.717) is 0 Å². The number of hydrogen-bond acceptors (Lipinski definition) is 3. The molecular weight excluding hydrogens is 246 g/mol. The van der Waals surface area contributed by atoms with E-state index in [2.05, 4.69) is 29.1 Å². The molecule has 1 heterocycles. The minimum atomic E-state index is 0.847. The summed E-state index contributed by atoms with van der Waals surface area (Å²) in [6, 6.07) is 16.0. The third kappa shape index (κ3) is 2.43. The average Bonchev–Trinajstić information content (AvgIpc) is 2.49. The molecule has 0 saturated carbocycles. The molecule has 0 N–H and O–H groups in total. The number of aryl methyl sites for hydroxylation is 2. The number of pyridine rings is 1. The number of fused-ring (bicyclic) bond motifs is 1. The van der Waals surface area contributed by atoms with Crippen molar-refractivity contribution in [3.8, 4) is 0 Å². The molecule has 0 atom stereocenters. The number of azo groups is 1. The lowest BCUT2D eigenvalue weighted by Gasteiger charge is -2.03. The summed E-state index contributed by atoms with van der Waals surface area (Å²) in [6.45, 7) is 4.11. The zero-order valence-electron chi connectivity index (χ0n) is 11.5. The molecule has 0 fully saturated rings. The van der Waals surface area contributed by atoms with E-state index in [1.165, 1.54) is 5.56 Å². The van der Waals surface area contributed by atoms with Gasteiger partial charge in [-0.25, -0.2) is 0 Å². The van der Waals surface area contributed by atoms with Crippen molar-refractivity contribution in [2.45, 2.75) is 13.8 Å². The molecule has 0 amide bonds. The summed E-state index contributed by atoms with van der Waals surface area (Å²) in [6.07, 6.45) is 1.80. The summed E-state index contributed by atoms with van der Waals surface area (Å²) >= 11 is 0. The van der Waals surface area contributed by atoms with Gasteiger partial charge in [0.15, 0.2) is 0 Å². The summed E-state index contributed by atoms with van der Waals surface area (Å²) < 4.78 is 0. The molecule has 20 heavy (non-hydrogen) atoms. The Morgan fingerprint density at radius 3 is 2.45 bits per heavy atom. The highest BCUT2D eigenvalue weighted by Crippen LogP contribution is 2.28. The zero-order valence-corrected chi connectivity index (χ0v) is 11.5. The number of hydrogen-bond donors (Lipinski definition) is 0. The lowest BCUT2D eigenvalue weighted by atomic mass is 10.1. The van der Waals surface area contributed by atoms with E-state index in [1.54, 1.807) is 6.20 Å². The van der Waals surface area contributed by atoms with Crippen LogP contribution < -0.4 is 0 Å². The van der Waals surface area contributed by atoms with Crippen LogP contribution in [0.15, 0.2) is 65.0 Å². The maximum Gasteiger partial charge on any atom is 0.0951 e. The minimum absolute atomic E-state index is 0.847. The Labute approximate surface area is 118 Å². The van der Waals surface area contributed by atoms with Crippen LogP contribution in [0.4, 0.5) is 11.4 Å². The molecule has 3 nitrogen and oxygen atoms in total. The van der Waals surface area contributed by atoms with Crippen LogP contribution in [0.1, 0.15) is 11.1 Å². The van der Waals surface area contributed by atoms with Crippen molar-refractivity contribution >= 4 is 22.3 Å². The van der Waals surface area contributed by atoms with Gasteiger partial charge in [-0.2, -0.15) is 5.11 Å². The zero-order chi connectivity index (χ0) is 13.9. The quantitative estimate of drug-likeness (QED) is 0.579. The molecule has 0 radical (unpaired) electrons. The van der Waals surface area contributed by atoms with Crippen LogP contribution in [-0.2, 0) is 0 Å². The first-order valence-electron chi connectivity index (χ1n) is 6.57. The molecular formula is C17H15N3. The SMILES string of the molecule is Cc1ccc(N=Nc2ccc(C)c3ncccc23)cc1. The van der Waals surface area contributed by atoms with Gasteiger partial charge in [0.05, 0.1) is 16.9 Å². The number of aromatic nitrogens is 1. The predicted octanol–water partition coefficient (Wildman–Crippen LogP) is 5.27. The molecule has 0 aliphatic rings. The summed E-state index contributed by atoms with van der Waals surface area (Å²) in [5.74, 6) is 0. The standard InChI is InChI=1S/C17H15N3/c1-12-5-8-14(9-6-12)19-20-16-10-7-13(2)17-15(16)4-3-11-18-17/h3-11H,1-2H3. The second-order valence-corrected chi connectivity index (χ2v) is 4.84. The molecule has 3 aromatic rings. The van der Waals surface area contributed by atoms with Crippen molar-refractivity contribution in [1.82, 2.24) is 4.98 Å². The van der Waals surface area contributed by atoms with Crippen molar-refractivity contribution in [2.24, 2.45) is 10.2 Å². The van der Waals surface area contributed by atoms with Gasteiger partial charge in [0.25, 0.3) is 0 Å². The molecule has 98 valence electrons. The van der Waals surface area contributed by atoms with Crippen LogP contribution in [0.25, 0.3) is 10.9 Å². The van der Waals surface area contributed by atoms with Crippen molar-refractivity contribution in [1.29, 1.82) is 0 Å². The monoisotopic (exact) mass is 261 g/mol. The molecule has 0 aliphatic carbocycles. The molecule has 3 heteroatoms. The van der Waals surface area contributed by atoms with E-state index in [9.17, 15) is 0 Å². The van der Waals surface area contributed by atoms with Crippen LogP contribution in [0, 0.1) is 13.8 Å². The maximum absolute atomic E-state index is 4.41. The summed E-state index contributed by atoms with van der Waals surface area (Å²) in [4.78, 5) is 4.41. The molecule has 1 aromatic heterocycles. The predicted molar refractivity (Wildman–Crippen MR) is 81.8 cm³/mol. The third-order valence-electron chi connectivity index (χ3n) is 3.26. The van der Waals surface area contributed by atoms with E-state index < -0.39 is 0 Å². The molecule has 0 saturated heterocycles. The van der Waals surface area contributed by atoms with Crippen LogP contribution in [0.2, 0.25) is 0 Å². The first kappa shape index (κ1) is 12.5. The highest BCUT2D eigenvalue weighted by atomic mass is 15.1. The highest BCUT2D eigenvalue weighted by molar-refractivity contribution is 5.91. The Bertz CT molecular complexity index is 774. The van der Waals surface area contributed by atoms with E-state index in [4.69, 9.17) is 0 Å². The summed E-state index contributed by atoms with van der Waals surface area (Å²) in [5, 5.41) is 9.69. The smallest absolute Gasteiger partial charge is 0.0951 e. The molecule has 0 aliphatic heterocycles. The van der Waals surface area contributed by atoms with Crippen LogP contribution in [0.5, 0.6) is 0 Å². The van der Waals surface area contributed by atoms with Gasteiger partial charge in [0, 0.05) is 11.6 Å². The second kappa shape index (κ2) is 5.21. The molecule has 0 spiro atoms. The lowest BCUT2D eigenvalue weighted by Crippen LogP contribution is -1.82. The first-order valence-corrected chi connectivity index (χ1v) is 6.57. The Morgan fingerprint density at radius 1 is 0.850 bits per heavy atom. The maximum atomic E-state index is 4.41. The Kier molecular flexibility index (Phi) is 3.25. The largest absolute Gasteiger partial charge is 0.256 e. The summed E-state index contributed by atoms with van der Waals surface area (Å²) in [7, 11) is 0. The normalized spacial score (nSPS) is 11.3. The number of rotatable bonds is 2. The van der Waals surface area contributed by atoms with Crippen molar-refractivity contribution in [3.05, 3.63) is 65.9 Å². The first-order chi connectivity index (χ1) is 9.74. The lowest BCUT2D eigenvalue weighted by molar-refractivity contribution is 1.23. The molecule has 0 unspecified atom stereocenters. The Balaban J connectivity index is 2.03. The number of benzene rings is 2. The van der Waals surface area contributed by atoms with Crippen molar-refractivity contribution < 1.29 is 0 Å². The van der Waals surface area contributed by atoms with Gasteiger partial charge in [0.2, 0.25) is 0 Å². The minimum Gasteiger partial charge on any atom is -0.256 e. The molecule has 3 rings (SSSR count). The van der Waals surface area contributed by atoms with Gasteiger partial charge >= 0.3 is 0 Å². The number of nitrogens with zero attached hydrogens (tertiary/aromatic N) is 3. The Hall–Kier alpha value is -2.55. The molecule has 2 aromatic carbocycles. The van der Waals surface area contributed by atoms with E-state index in [0.717, 1.165) is 27.8 Å². The third-order valence-corrected chi connectivity index (χ3v) is 3.26. The van der Waals surface area contributed by atoms with Crippen LogP contribution in [-0.4, -0.2) is 4.98 Å². The average molecular weight is 261 g/mol. The second-order valence-electron chi connectivity index (χ2n) is 4.84. The summed E-state index contributed by atoms with van der Waals surface area (Å²) in [5.41, 5.74) is 5.05. The van der Waals surface area contributed by atoms with Gasteiger partial charge in [-0.05, 0) is 49.7 Å². The van der Waals surface area contributed by atoms with E-state index in [1.807, 2.05) is 48.5 Å². The van der Waals surface area contributed by atoms with E-state index >= 15 is 0 Å². The fourth-order valence-corrected chi connectivity index (χ4v) is 2.11. The molecule has 0 bridgehead atoms.